The van der Waals surface area contributed by atoms with Gasteiger partial charge in [-0.1, -0.05) is 13.8 Å². The van der Waals surface area contributed by atoms with E-state index in [0.29, 0.717) is 13.0 Å². The maximum absolute atomic E-state index is 12.1. The summed E-state index contributed by atoms with van der Waals surface area (Å²) < 4.78 is 28.7. The van der Waals surface area contributed by atoms with Crippen molar-refractivity contribution >= 4 is 10.0 Å². The van der Waals surface area contributed by atoms with Gasteiger partial charge in [0.1, 0.15) is 0 Å². The Balaban J connectivity index is 2.13. The van der Waals surface area contributed by atoms with Gasteiger partial charge < -0.3 is 10.3 Å². The average Bonchev–Trinajstić information content (AvgIpc) is 2.77. The third-order valence-electron chi connectivity index (χ3n) is 3.89. The molecule has 1 aromatic rings. The number of nitrogens with zero attached hydrogens (tertiary/aromatic N) is 2. The number of hydrogen-bond acceptors (Lipinski definition) is 4. The summed E-state index contributed by atoms with van der Waals surface area (Å²) in [5.41, 5.74) is 5.67. The molecule has 0 radical (unpaired) electrons. The lowest BCUT2D eigenvalue weighted by Crippen LogP contribution is -2.64. The molecule has 7 heteroatoms. The van der Waals surface area contributed by atoms with Crippen LogP contribution >= 0.6 is 0 Å². The molecular formula is C11H20N4O2S. The first kappa shape index (κ1) is 13.5. The van der Waals surface area contributed by atoms with Crippen LogP contribution in [0.1, 0.15) is 27.2 Å². The lowest BCUT2D eigenvalue weighted by atomic mass is 9.64. The van der Waals surface area contributed by atoms with Crippen molar-refractivity contribution in [3.8, 4) is 0 Å². The van der Waals surface area contributed by atoms with E-state index in [9.17, 15) is 8.42 Å². The molecule has 1 aliphatic rings. The van der Waals surface area contributed by atoms with Gasteiger partial charge in [-0.15, -0.1) is 0 Å². The Bertz CT molecular complexity index is 535. The van der Waals surface area contributed by atoms with E-state index in [1.807, 2.05) is 20.8 Å². The SMILES string of the molecule is CCn1cnc(S(=O)(=O)NC2CC(N)C2(C)C)c1. The molecule has 0 aliphatic heterocycles. The van der Waals surface area contributed by atoms with Crippen LogP contribution in [0.15, 0.2) is 17.6 Å². The van der Waals surface area contributed by atoms with E-state index < -0.39 is 10.0 Å². The second-order valence-electron chi connectivity index (χ2n) is 5.38. The summed E-state index contributed by atoms with van der Waals surface area (Å²) in [5, 5.41) is 0.0700. The lowest BCUT2D eigenvalue weighted by molar-refractivity contribution is 0.0903. The Hall–Kier alpha value is -0.920. The van der Waals surface area contributed by atoms with Crippen LogP contribution in [0.3, 0.4) is 0 Å². The van der Waals surface area contributed by atoms with Crippen molar-refractivity contribution in [1.82, 2.24) is 14.3 Å². The third-order valence-corrected chi connectivity index (χ3v) is 5.25. The standard InChI is InChI=1S/C11H20N4O2S/c1-4-15-6-10(13-7-15)18(16,17)14-9-5-8(12)11(9,2)3/h6-9,14H,4-5,12H2,1-3H3. The summed E-state index contributed by atoms with van der Waals surface area (Å²) in [5.74, 6) is 0. The summed E-state index contributed by atoms with van der Waals surface area (Å²) >= 11 is 0. The molecule has 18 heavy (non-hydrogen) atoms. The minimum absolute atomic E-state index is 0.0402. The molecule has 3 N–H and O–H groups in total. The zero-order valence-electron chi connectivity index (χ0n) is 10.9. The second kappa shape index (κ2) is 4.32. The van der Waals surface area contributed by atoms with Gasteiger partial charge in [-0.05, 0) is 18.8 Å². The normalized spacial score (nSPS) is 26.9. The van der Waals surface area contributed by atoms with Crippen LogP contribution in [0.5, 0.6) is 0 Å². The summed E-state index contributed by atoms with van der Waals surface area (Å²) in [6, 6.07) is -0.0809. The van der Waals surface area contributed by atoms with Crippen molar-refractivity contribution in [2.45, 2.75) is 50.8 Å². The molecule has 2 rings (SSSR count). The van der Waals surface area contributed by atoms with Crippen LogP contribution in [-0.4, -0.2) is 30.1 Å². The third kappa shape index (κ3) is 2.17. The molecule has 2 atom stereocenters. The van der Waals surface area contributed by atoms with Crippen molar-refractivity contribution < 1.29 is 8.42 Å². The highest BCUT2D eigenvalue weighted by Crippen LogP contribution is 2.39. The van der Waals surface area contributed by atoms with Crippen LogP contribution in [0, 0.1) is 5.41 Å². The van der Waals surface area contributed by atoms with E-state index in [1.54, 1.807) is 4.57 Å². The van der Waals surface area contributed by atoms with Crippen molar-refractivity contribution in [1.29, 1.82) is 0 Å². The van der Waals surface area contributed by atoms with Crippen LogP contribution < -0.4 is 10.5 Å². The molecular weight excluding hydrogens is 252 g/mol. The zero-order valence-corrected chi connectivity index (χ0v) is 11.7. The van der Waals surface area contributed by atoms with Crippen molar-refractivity contribution in [2.75, 3.05) is 0 Å². The molecule has 102 valence electrons. The molecule has 1 aromatic heterocycles. The van der Waals surface area contributed by atoms with Gasteiger partial charge >= 0.3 is 0 Å². The zero-order chi connectivity index (χ0) is 13.6. The topological polar surface area (TPSA) is 90.0 Å². The van der Waals surface area contributed by atoms with E-state index in [0.717, 1.165) is 0 Å². The highest BCUT2D eigenvalue weighted by molar-refractivity contribution is 7.89. The molecule has 1 fully saturated rings. The van der Waals surface area contributed by atoms with E-state index in [1.165, 1.54) is 12.5 Å². The molecule has 0 spiro atoms. The fraction of sp³-hybridized carbons (Fsp3) is 0.727. The number of aromatic nitrogens is 2. The minimum Gasteiger partial charge on any atom is -0.336 e. The number of rotatable bonds is 4. The highest BCUT2D eigenvalue weighted by Gasteiger charge is 2.47. The van der Waals surface area contributed by atoms with E-state index >= 15 is 0 Å². The highest BCUT2D eigenvalue weighted by atomic mass is 32.2. The maximum atomic E-state index is 12.1. The smallest absolute Gasteiger partial charge is 0.259 e. The van der Waals surface area contributed by atoms with Crippen LogP contribution in [0.25, 0.3) is 0 Å². The molecule has 1 aliphatic carbocycles. The number of aryl methyl sites for hydroxylation is 1. The predicted molar refractivity (Wildman–Crippen MR) is 68.4 cm³/mol. The average molecular weight is 272 g/mol. The first-order valence-corrected chi connectivity index (χ1v) is 7.55. The Morgan fingerprint density at radius 1 is 1.61 bits per heavy atom. The number of imidazole rings is 1. The van der Waals surface area contributed by atoms with Gasteiger partial charge in [-0.3, -0.25) is 0 Å². The van der Waals surface area contributed by atoms with Gasteiger partial charge in [0, 0.05) is 24.8 Å². The minimum atomic E-state index is -3.54. The molecule has 0 bridgehead atoms. The van der Waals surface area contributed by atoms with Crippen LogP contribution in [0.2, 0.25) is 0 Å². The van der Waals surface area contributed by atoms with Gasteiger partial charge in [-0.25, -0.2) is 18.1 Å². The fourth-order valence-corrected chi connectivity index (χ4v) is 3.41. The monoisotopic (exact) mass is 272 g/mol. The van der Waals surface area contributed by atoms with Crippen molar-refractivity contribution in [2.24, 2.45) is 11.1 Å². The van der Waals surface area contributed by atoms with Gasteiger partial charge in [0.15, 0.2) is 5.03 Å². The summed E-state index contributed by atoms with van der Waals surface area (Å²) in [4.78, 5) is 3.92. The van der Waals surface area contributed by atoms with Crippen molar-refractivity contribution in [3.05, 3.63) is 12.5 Å². The summed E-state index contributed by atoms with van der Waals surface area (Å²) in [7, 11) is -3.54. The molecule has 0 amide bonds. The number of nitrogens with one attached hydrogen (secondary N) is 1. The Labute approximate surface area is 108 Å². The Morgan fingerprint density at radius 2 is 2.28 bits per heavy atom. The van der Waals surface area contributed by atoms with Crippen LogP contribution in [-0.2, 0) is 16.6 Å². The largest absolute Gasteiger partial charge is 0.336 e. The number of sulfonamides is 1. The fourth-order valence-electron chi connectivity index (χ4n) is 2.06. The van der Waals surface area contributed by atoms with E-state index in [2.05, 4.69) is 9.71 Å². The van der Waals surface area contributed by atoms with Gasteiger partial charge in [-0.2, -0.15) is 0 Å². The molecule has 6 nitrogen and oxygen atoms in total. The first-order valence-electron chi connectivity index (χ1n) is 6.07. The molecule has 0 saturated heterocycles. The quantitative estimate of drug-likeness (QED) is 0.825. The van der Waals surface area contributed by atoms with Crippen molar-refractivity contribution in [3.63, 3.8) is 0 Å². The summed E-state index contributed by atoms with van der Waals surface area (Å²) in [6.07, 6.45) is 3.72. The number of hydrogen-bond donors (Lipinski definition) is 2. The Kier molecular flexibility index (Phi) is 3.25. The summed E-state index contributed by atoms with van der Waals surface area (Å²) in [6.45, 7) is 6.57. The van der Waals surface area contributed by atoms with Gasteiger partial charge in [0.05, 0.1) is 6.33 Å². The van der Waals surface area contributed by atoms with Gasteiger partial charge in [0.2, 0.25) is 0 Å². The number of nitrogens with two attached hydrogens (primary N) is 1. The second-order valence-corrected chi connectivity index (χ2v) is 7.04. The van der Waals surface area contributed by atoms with Gasteiger partial charge in [0.25, 0.3) is 10.0 Å². The molecule has 1 saturated carbocycles. The predicted octanol–water partition coefficient (Wildman–Crippen LogP) is 0.307. The lowest BCUT2D eigenvalue weighted by Gasteiger charge is -2.50. The Morgan fingerprint density at radius 3 is 2.72 bits per heavy atom. The molecule has 0 aromatic carbocycles. The first-order chi connectivity index (χ1) is 8.27. The van der Waals surface area contributed by atoms with E-state index in [4.69, 9.17) is 5.73 Å². The molecule has 2 unspecified atom stereocenters. The van der Waals surface area contributed by atoms with Crippen LogP contribution in [0.4, 0.5) is 0 Å². The maximum Gasteiger partial charge on any atom is 0.259 e. The van der Waals surface area contributed by atoms with E-state index in [-0.39, 0.29) is 22.5 Å². The molecule has 1 heterocycles.